The van der Waals surface area contributed by atoms with Gasteiger partial charge in [0, 0.05) is 36.9 Å². The van der Waals surface area contributed by atoms with Crippen LogP contribution in [0.4, 0.5) is 4.79 Å². The van der Waals surface area contributed by atoms with Crippen LogP contribution >= 0.6 is 11.6 Å². The van der Waals surface area contributed by atoms with Crippen molar-refractivity contribution >= 4 is 38.7 Å². The van der Waals surface area contributed by atoms with Gasteiger partial charge in [-0.05, 0) is 31.9 Å². The van der Waals surface area contributed by atoms with Gasteiger partial charge in [0.1, 0.15) is 11.5 Å². The highest BCUT2D eigenvalue weighted by molar-refractivity contribution is 7.90. The molecule has 162 valence electrons. The van der Waals surface area contributed by atoms with Crippen LogP contribution in [0.5, 0.6) is 0 Å². The Kier molecular flexibility index (Phi) is 6.67. The van der Waals surface area contributed by atoms with Crippen molar-refractivity contribution in [3.05, 3.63) is 40.8 Å². The second kappa shape index (κ2) is 9.05. The van der Waals surface area contributed by atoms with Gasteiger partial charge in [0.15, 0.2) is 0 Å². The van der Waals surface area contributed by atoms with Crippen molar-refractivity contribution in [1.29, 1.82) is 0 Å². The van der Waals surface area contributed by atoms with E-state index in [0.29, 0.717) is 22.9 Å². The maximum atomic E-state index is 12.4. The number of rotatable bonds is 8. The molecule has 0 unspecified atom stereocenters. The Bertz CT molecular complexity index is 1170. The number of sulfonamides is 1. The molecule has 0 saturated heterocycles. The van der Waals surface area contributed by atoms with E-state index in [4.69, 9.17) is 11.6 Å². The van der Waals surface area contributed by atoms with Gasteiger partial charge in [0.2, 0.25) is 10.0 Å². The molecular weight excluding hydrogens is 428 g/mol. The molecule has 2 N–H and O–H groups in total. The third kappa shape index (κ3) is 4.93. The molecule has 3 heterocycles. The van der Waals surface area contributed by atoms with Crippen LogP contribution in [0.25, 0.3) is 16.9 Å². The largest absolute Gasteiger partial charge is 0.337 e. The fourth-order valence-corrected chi connectivity index (χ4v) is 4.39. The van der Waals surface area contributed by atoms with Gasteiger partial charge in [-0.1, -0.05) is 24.9 Å². The summed E-state index contributed by atoms with van der Waals surface area (Å²) in [6.45, 7) is 4.25. The number of pyridine rings is 1. The number of hydrogen-bond donors (Lipinski definition) is 2. The molecule has 30 heavy (non-hydrogen) atoms. The lowest BCUT2D eigenvalue weighted by molar-refractivity contribution is 0.245. The number of hydrogen-bond acceptors (Lipinski definition) is 5. The predicted octanol–water partition coefficient (Wildman–Crippen LogP) is 2.69. The Balaban J connectivity index is 1.81. The Morgan fingerprint density at radius 3 is 2.83 bits per heavy atom. The number of nitrogens with zero attached hydrogens (tertiary/aromatic N) is 4. The van der Waals surface area contributed by atoms with Gasteiger partial charge in [0.25, 0.3) is 0 Å². The van der Waals surface area contributed by atoms with Crippen LogP contribution in [0.15, 0.2) is 24.5 Å². The van der Waals surface area contributed by atoms with Crippen molar-refractivity contribution in [3.8, 4) is 5.82 Å². The number of fused-ring (bicyclic) bond motifs is 1. The van der Waals surface area contributed by atoms with Gasteiger partial charge in [0.05, 0.1) is 16.5 Å². The first-order valence-electron chi connectivity index (χ1n) is 9.65. The van der Waals surface area contributed by atoms with Crippen molar-refractivity contribution in [2.45, 2.75) is 33.1 Å². The maximum absolute atomic E-state index is 12.4. The number of amides is 2. The van der Waals surface area contributed by atoms with Crippen molar-refractivity contribution < 1.29 is 13.2 Å². The van der Waals surface area contributed by atoms with E-state index in [2.05, 4.69) is 20.1 Å². The number of aryl methyl sites for hydroxylation is 2. The van der Waals surface area contributed by atoms with E-state index < -0.39 is 16.1 Å². The van der Waals surface area contributed by atoms with Crippen LogP contribution in [0, 0.1) is 6.92 Å². The molecule has 0 saturated carbocycles. The van der Waals surface area contributed by atoms with E-state index in [1.807, 2.05) is 36.7 Å². The highest BCUT2D eigenvalue weighted by atomic mass is 35.5. The first kappa shape index (κ1) is 22.1. The van der Waals surface area contributed by atoms with Crippen LogP contribution in [0.2, 0.25) is 5.02 Å². The molecule has 3 rings (SSSR count). The summed E-state index contributed by atoms with van der Waals surface area (Å²) >= 11 is 6.03. The molecule has 0 bridgehead atoms. The molecule has 0 aromatic carbocycles. The summed E-state index contributed by atoms with van der Waals surface area (Å²) < 4.78 is 30.4. The fourth-order valence-electron chi connectivity index (χ4n) is 3.30. The number of urea groups is 1. The molecule has 2 amide bonds. The lowest BCUT2D eigenvalue weighted by Gasteiger charge is -2.11. The maximum Gasteiger partial charge on any atom is 0.328 e. The first-order chi connectivity index (χ1) is 14.2. The summed E-state index contributed by atoms with van der Waals surface area (Å²) in [5, 5.41) is 8.40. The molecule has 0 fully saturated rings. The molecular formula is C19H25ClN6O3S. The molecule has 0 aliphatic rings. The number of nitrogens with one attached hydrogen (secondary N) is 2. The smallest absolute Gasteiger partial charge is 0.328 e. The monoisotopic (exact) mass is 452 g/mol. The molecule has 0 radical (unpaired) electrons. The average molecular weight is 453 g/mol. The Hall–Kier alpha value is -2.59. The second-order valence-corrected chi connectivity index (χ2v) is 9.32. The lowest BCUT2D eigenvalue weighted by atomic mass is 10.2. The quantitative estimate of drug-likeness (QED) is 0.510. The molecule has 3 aromatic heterocycles. The third-order valence-electron chi connectivity index (χ3n) is 4.72. The van der Waals surface area contributed by atoms with E-state index in [9.17, 15) is 13.2 Å². The zero-order valence-corrected chi connectivity index (χ0v) is 18.7. The molecule has 0 spiro atoms. The van der Waals surface area contributed by atoms with Gasteiger partial charge >= 0.3 is 6.03 Å². The van der Waals surface area contributed by atoms with Crippen LogP contribution in [-0.2, 0) is 23.5 Å². The van der Waals surface area contributed by atoms with E-state index in [1.165, 1.54) is 0 Å². The minimum absolute atomic E-state index is 0.194. The lowest BCUT2D eigenvalue weighted by Crippen LogP contribution is -2.41. The van der Waals surface area contributed by atoms with E-state index in [-0.39, 0.29) is 12.2 Å². The SMILES string of the molecule is CCCCNC(=O)NS(=O)(=O)CCc1c(C)nn(C)c1-n1ccc2cc(Cl)cnc21. The van der Waals surface area contributed by atoms with Crippen LogP contribution in [-0.4, -0.2) is 46.1 Å². The number of halogens is 1. The Morgan fingerprint density at radius 2 is 2.10 bits per heavy atom. The molecule has 0 aliphatic heterocycles. The van der Waals surface area contributed by atoms with Gasteiger partial charge < -0.3 is 5.32 Å². The Labute approximate surface area is 180 Å². The summed E-state index contributed by atoms with van der Waals surface area (Å²) in [6.07, 6.45) is 5.30. The number of unbranched alkanes of at least 4 members (excludes halogenated alkanes) is 1. The minimum atomic E-state index is -3.80. The highest BCUT2D eigenvalue weighted by Gasteiger charge is 2.21. The normalized spacial score (nSPS) is 11.7. The van der Waals surface area contributed by atoms with Gasteiger partial charge in [-0.25, -0.2) is 22.9 Å². The van der Waals surface area contributed by atoms with Crippen molar-refractivity contribution in [2.24, 2.45) is 7.05 Å². The van der Waals surface area contributed by atoms with Gasteiger partial charge in [-0.15, -0.1) is 0 Å². The molecule has 0 aliphatic carbocycles. The number of aromatic nitrogens is 4. The first-order valence-corrected chi connectivity index (χ1v) is 11.7. The third-order valence-corrected chi connectivity index (χ3v) is 6.16. The van der Waals surface area contributed by atoms with E-state index in [1.54, 1.807) is 17.9 Å². The number of carbonyl (C=O) groups excluding carboxylic acids is 1. The number of carbonyl (C=O) groups is 1. The molecule has 0 atom stereocenters. The van der Waals surface area contributed by atoms with Crippen LogP contribution < -0.4 is 10.0 Å². The van der Waals surface area contributed by atoms with E-state index in [0.717, 1.165) is 29.6 Å². The summed E-state index contributed by atoms with van der Waals surface area (Å²) in [7, 11) is -2.01. The summed E-state index contributed by atoms with van der Waals surface area (Å²) in [6, 6.07) is 3.00. The molecule has 11 heteroatoms. The van der Waals surface area contributed by atoms with Gasteiger partial charge in [-0.3, -0.25) is 9.25 Å². The van der Waals surface area contributed by atoms with Crippen LogP contribution in [0.3, 0.4) is 0 Å². The summed E-state index contributed by atoms with van der Waals surface area (Å²) in [5.74, 6) is 0.478. The fraction of sp³-hybridized carbons (Fsp3) is 0.421. The zero-order chi connectivity index (χ0) is 21.9. The summed E-state index contributed by atoms with van der Waals surface area (Å²) in [4.78, 5) is 16.2. The van der Waals surface area contributed by atoms with Crippen molar-refractivity contribution in [1.82, 2.24) is 29.4 Å². The minimum Gasteiger partial charge on any atom is -0.337 e. The van der Waals surface area contributed by atoms with E-state index >= 15 is 0 Å². The predicted molar refractivity (Wildman–Crippen MR) is 117 cm³/mol. The topological polar surface area (TPSA) is 111 Å². The molecule has 3 aromatic rings. The van der Waals surface area contributed by atoms with Crippen molar-refractivity contribution in [2.75, 3.05) is 12.3 Å². The standard InChI is InChI=1S/C19H25ClN6O3S/c1-4-5-8-21-19(27)24-30(28,29)10-7-16-13(2)23-25(3)18(16)26-9-6-14-11-15(20)12-22-17(14)26/h6,9,11-12H,4-5,7-8,10H2,1-3H3,(H2,21,24,27). The van der Waals surface area contributed by atoms with Gasteiger partial charge in [-0.2, -0.15) is 5.10 Å². The second-order valence-electron chi connectivity index (χ2n) is 7.04. The summed E-state index contributed by atoms with van der Waals surface area (Å²) in [5.41, 5.74) is 2.18. The molecule has 9 nitrogen and oxygen atoms in total. The van der Waals surface area contributed by atoms with Crippen LogP contribution in [0.1, 0.15) is 31.0 Å². The zero-order valence-electron chi connectivity index (χ0n) is 17.1. The van der Waals surface area contributed by atoms with Crippen molar-refractivity contribution in [3.63, 3.8) is 0 Å². The Morgan fingerprint density at radius 1 is 1.33 bits per heavy atom. The highest BCUT2D eigenvalue weighted by Crippen LogP contribution is 2.25. The average Bonchev–Trinajstić information content (AvgIpc) is 3.18.